The van der Waals surface area contributed by atoms with Crippen LogP contribution in [-0.4, -0.2) is 0 Å². The minimum atomic E-state index is -0.122. The molecule has 2 rings (SSSR count). The lowest BCUT2D eigenvalue weighted by atomic mass is 10.0. The molecule has 0 fully saturated rings. The molecule has 1 N–H and O–H groups in total. The van der Waals surface area contributed by atoms with Crippen molar-refractivity contribution in [2.75, 3.05) is 0 Å². The Morgan fingerprint density at radius 2 is 2.38 bits per heavy atom. The van der Waals surface area contributed by atoms with Crippen molar-refractivity contribution in [3.05, 3.63) is 35.1 Å². The summed E-state index contributed by atoms with van der Waals surface area (Å²) in [5, 5.41) is 3.38. The Hall–Kier alpha value is -0.890. The highest BCUT2D eigenvalue weighted by atomic mass is 19.1. The molecular weight excluding hydrogens is 165 g/mol. The van der Waals surface area contributed by atoms with Crippen LogP contribution in [0.5, 0.6) is 0 Å². The van der Waals surface area contributed by atoms with Crippen LogP contribution in [0, 0.1) is 5.82 Å². The minimum Gasteiger partial charge on any atom is -0.306 e. The van der Waals surface area contributed by atoms with Gasteiger partial charge in [0.25, 0.3) is 0 Å². The molecule has 0 aromatic heterocycles. The number of hydrogen-bond donors (Lipinski definition) is 1. The van der Waals surface area contributed by atoms with Crippen LogP contribution in [0.15, 0.2) is 18.2 Å². The van der Waals surface area contributed by atoms with Crippen LogP contribution in [0.1, 0.15) is 36.9 Å². The normalized spacial score (nSPS) is 20.3. The second-order valence-electron chi connectivity index (χ2n) is 3.57. The predicted molar refractivity (Wildman–Crippen MR) is 50.9 cm³/mol. The molecular formula is C11H14FN. The molecule has 0 saturated heterocycles. The summed E-state index contributed by atoms with van der Waals surface area (Å²) in [5.74, 6) is -0.122. The van der Waals surface area contributed by atoms with Crippen LogP contribution in [0.4, 0.5) is 4.39 Å². The monoisotopic (exact) mass is 179 g/mol. The lowest BCUT2D eigenvalue weighted by molar-refractivity contribution is 0.532. The summed E-state index contributed by atoms with van der Waals surface area (Å²) in [6.07, 6.45) is 2.23. The van der Waals surface area contributed by atoms with Crippen molar-refractivity contribution in [3.63, 3.8) is 0 Å². The fraction of sp³-hybridized carbons (Fsp3) is 0.455. The zero-order chi connectivity index (χ0) is 9.26. The average Bonchev–Trinajstić information content (AvgIpc) is 2.49. The standard InChI is InChI=1S/C11H14FN/c1-2-3-11-10-6-9(12)5-4-8(10)7-13-11/h4-6,11,13H,2-3,7H2,1H3. The van der Waals surface area contributed by atoms with Gasteiger partial charge in [0.15, 0.2) is 0 Å². The third-order valence-electron chi connectivity index (χ3n) is 2.60. The number of halogens is 1. The molecule has 13 heavy (non-hydrogen) atoms. The van der Waals surface area contributed by atoms with E-state index in [2.05, 4.69) is 12.2 Å². The molecule has 0 bridgehead atoms. The highest BCUT2D eigenvalue weighted by Crippen LogP contribution is 2.28. The van der Waals surface area contributed by atoms with Gasteiger partial charge >= 0.3 is 0 Å². The van der Waals surface area contributed by atoms with Gasteiger partial charge in [0, 0.05) is 12.6 Å². The highest BCUT2D eigenvalue weighted by Gasteiger charge is 2.20. The molecule has 1 aliphatic heterocycles. The molecule has 0 saturated carbocycles. The summed E-state index contributed by atoms with van der Waals surface area (Å²) in [6, 6.07) is 5.45. The van der Waals surface area contributed by atoms with Gasteiger partial charge in [-0.15, -0.1) is 0 Å². The first kappa shape index (κ1) is 8.70. The van der Waals surface area contributed by atoms with E-state index >= 15 is 0 Å². The fourth-order valence-electron chi connectivity index (χ4n) is 1.94. The van der Waals surface area contributed by atoms with Crippen molar-refractivity contribution >= 4 is 0 Å². The fourth-order valence-corrected chi connectivity index (χ4v) is 1.94. The van der Waals surface area contributed by atoms with E-state index < -0.39 is 0 Å². The Balaban J connectivity index is 2.29. The molecule has 0 amide bonds. The Labute approximate surface area is 78.0 Å². The Morgan fingerprint density at radius 1 is 1.54 bits per heavy atom. The Kier molecular flexibility index (Phi) is 2.32. The third kappa shape index (κ3) is 1.59. The lowest BCUT2D eigenvalue weighted by Crippen LogP contribution is -2.11. The topological polar surface area (TPSA) is 12.0 Å². The maximum Gasteiger partial charge on any atom is 0.123 e. The minimum absolute atomic E-state index is 0.122. The number of benzene rings is 1. The highest BCUT2D eigenvalue weighted by molar-refractivity contribution is 5.34. The summed E-state index contributed by atoms with van der Waals surface area (Å²) in [5.41, 5.74) is 2.40. The van der Waals surface area contributed by atoms with Gasteiger partial charge in [0.2, 0.25) is 0 Å². The van der Waals surface area contributed by atoms with E-state index in [1.807, 2.05) is 6.07 Å². The summed E-state index contributed by atoms with van der Waals surface area (Å²) >= 11 is 0. The maximum atomic E-state index is 12.9. The number of rotatable bonds is 2. The zero-order valence-electron chi connectivity index (χ0n) is 7.81. The van der Waals surface area contributed by atoms with Crippen molar-refractivity contribution in [1.29, 1.82) is 0 Å². The van der Waals surface area contributed by atoms with Crippen molar-refractivity contribution < 1.29 is 4.39 Å². The SMILES string of the molecule is CCCC1NCc2ccc(F)cc21. The number of nitrogens with one attached hydrogen (secondary N) is 1. The van der Waals surface area contributed by atoms with Gasteiger partial charge in [-0.2, -0.15) is 0 Å². The van der Waals surface area contributed by atoms with E-state index in [1.165, 1.54) is 11.6 Å². The molecule has 1 nitrogen and oxygen atoms in total. The molecule has 70 valence electrons. The summed E-state index contributed by atoms with van der Waals surface area (Å²) in [6.45, 7) is 3.04. The second kappa shape index (κ2) is 3.46. The summed E-state index contributed by atoms with van der Waals surface area (Å²) in [7, 11) is 0. The van der Waals surface area contributed by atoms with Crippen LogP contribution in [0.2, 0.25) is 0 Å². The molecule has 2 heteroatoms. The van der Waals surface area contributed by atoms with Gasteiger partial charge in [-0.05, 0) is 29.7 Å². The summed E-state index contributed by atoms with van der Waals surface area (Å²) in [4.78, 5) is 0. The third-order valence-corrected chi connectivity index (χ3v) is 2.60. The molecule has 1 heterocycles. The quantitative estimate of drug-likeness (QED) is 0.736. The van der Waals surface area contributed by atoms with E-state index in [0.29, 0.717) is 6.04 Å². The van der Waals surface area contributed by atoms with E-state index in [-0.39, 0.29) is 5.82 Å². The summed E-state index contributed by atoms with van der Waals surface area (Å²) < 4.78 is 12.9. The smallest absolute Gasteiger partial charge is 0.123 e. The van der Waals surface area contributed by atoms with Gasteiger partial charge in [-0.1, -0.05) is 19.4 Å². The van der Waals surface area contributed by atoms with Crippen molar-refractivity contribution in [2.45, 2.75) is 32.4 Å². The largest absolute Gasteiger partial charge is 0.306 e. The molecule has 0 radical (unpaired) electrons. The first-order valence-electron chi connectivity index (χ1n) is 4.83. The van der Waals surface area contributed by atoms with Gasteiger partial charge < -0.3 is 5.32 Å². The first-order valence-corrected chi connectivity index (χ1v) is 4.83. The molecule has 0 aliphatic carbocycles. The van der Waals surface area contributed by atoms with Crippen LogP contribution < -0.4 is 5.32 Å². The van der Waals surface area contributed by atoms with Gasteiger partial charge in [-0.25, -0.2) is 4.39 Å². The number of fused-ring (bicyclic) bond motifs is 1. The molecule has 1 aliphatic rings. The van der Waals surface area contributed by atoms with Crippen LogP contribution in [0.25, 0.3) is 0 Å². The first-order chi connectivity index (χ1) is 6.31. The maximum absolute atomic E-state index is 12.9. The molecule has 0 spiro atoms. The van der Waals surface area contributed by atoms with Crippen molar-refractivity contribution in [1.82, 2.24) is 5.32 Å². The Morgan fingerprint density at radius 3 is 3.15 bits per heavy atom. The zero-order valence-corrected chi connectivity index (χ0v) is 7.81. The van der Waals surface area contributed by atoms with Crippen molar-refractivity contribution in [3.8, 4) is 0 Å². The Bertz CT molecular complexity index is 307. The lowest BCUT2D eigenvalue weighted by Gasteiger charge is -2.09. The number of hydrogen-bond acceptors (Lipinski definition) is 1. The molecule has 1 aromatic rings. The predicted octanol–water partition coefficient (Wildman–Crippen LogP) is 2.77. The average molecular weight is 179 g/mol. The van der Waals surface area contributed by atoms with E-state index in [0.717, 1.165) is 24.9 Å². The second-order valence-corrected chi connectivity index (χ2v) is 3.57. The van der Waals surface area contributed by atoms with Crippen LogP contribution in [-0.2, 0) is 6.54 Å². The van der Waals surface area contributed by atoms with Crippen LogP contribution >= 0.6 is 0 Å². The van der Waals surface area contributed by atoms with E-state index in [4.69, 9.17) is 0 Å². The van der Waals surface area contributed by atoms with Gasteiger partial charge in [0.1, 0.15) is 5.82 Å². The van der Waals surface area contributed by atoms with Gasteiger partial charge in [-0.3, -0.25) is 0 Å². The molecule has 1 aromatic carbocycles. The van der Waals surface area contributed by atoms with Crippen LogP contribution in [0.3, 0.4) is 0 Å². The van der Waals surface area contributed by atoms with E-state index in [1.54, 1.807) is 6.07 Å². The van der Waals surface area contributed by atoms with Crippen molar-refractivity contribution in [2.24, 2.45) is 0 Å². The van der Waals surface area contributed by atoms with Gasteiger partial charge in [0.05, 0.1) is 0 Å². The molecule has 1 unspecified atom stereocenters. The molecule has 1 atom stereocenters. The van der Waals surface area contributed by atoms with E-state index in [9.17, 15) is 4.39 Å².